The molecule has 1 aliphatic heterocycles. The van der Waals surface area contributed by atoms with Crippen molar-refractivity contribution in [3.05, 3.63) is 24.3 Å². The van der Waals surface area contributed by atoms with Gasteiger partial charge < -0.3 is 15.5 Å². The van der Waals surface area contributed by atoms with Crippen LogP contribution in [0.15, 0.2) is 24.3 Å². The van der Waals surface area contributed by atoms with Gasteiger partial charge in [0.15, 0.2) is 0 Å². The van der Waals surface area contributed by atoms with Crippen LogP contribution in [0.25, 0.3) is 0 Å². The van der Waals surface area contributed by atoms with Gasteiger partial charge in [0, 0.05) is 31.3 Å². The monoisotopic (exact) mass is 343 g/mol. The first-order valence-electron chi connectivity index (χ1n) is 9.03. The van der Waals surface area contributed by atoms with E-state index >= 15 is 0 Å². The molecule has 25 heavy (non-hydrogen) atoms. The predicted molar refractivity (Wildman–Crippen MR) is 96.2 cm³/mol. The lowest BCUT2D eigenvalue weighted by Crippen LogP contribution is -2.47. The summed E-state index contributed by atoms with van der Waals surface area (Å²) in [6.07, 6.45) is 5.62. The van der Waals surface area contributed by atoms with Crippen molar-refractivity contribution in [2.45, 2.75) is 51.5 Å². The zero-order valence-electron chi connectivity index (χ0n) is 14.6. The van der Waals surface area contributed by atoms with Crippen LogP contribution in [0.3, 0.4) is 0 Å². The van der Waals surface area contributed by atoms with Crippen LogP contribution in [-0.4, -0.2) is 30.3 Å². The molecule has 0 bridgehead atoms. The highest BCUT2D eigenvalue weighted by Crippen LogP contribution is 2.29. The maximum absolute atomic E-state index is 12.6. The molecule has 0 aromatic heterocycles. The smallest absolute Gasteiger partial charge is 0.247 e. The molecule has 1 saturated heterocycles. The van der Waals surface area contributed by atoms with Gasteiger partial charge in [-0.25, -0.2) is 0 Å². The molecule has 1 aromatic rings. The lowest BCUT2D eigenvalue weighted by atomic mass is 9.97. The molecule has 1 heterocycles. The number of nitrogens with one attached hydrogen (secondary N) is 2. The summed E-state index contributed by atoms with van der Waals surface area (Å²) in [4.78, 5) is 37.7. The topological polar surface area (TPSA) is 78.5 Å². The number of benzene rings is 1. The maximum atomic E-state index is 12.6. The van der Waals surface area contributed by atoms with E-state index in [1.165, 1.54) is 6.92 Å². The first-order valence-corrected chi connectivity index (χ1v) is 9.03. The standard InChI is InChI=1S/C19H25N3O3/c1-13(23)20-18(14-5-2-3-6-14)19(25)21-15-8-10-16(11-9-15)22-12-4-7-17(22)24/h8-11,14,18H,2-7,12H2,1H3,(H,20,23)(H,21,25). The third-order valence-corrected chi connectivity index (χ3v) is 5.03. The van der Waals surface area contributed by atoms with Gasteiger partial charge in [0.2, 0.25) is 17.7 Å². The largest absolute Gasteiger partial charge is 0.344 e. The third-order valence-electron chi connectivity index (χ3n) is 5.03. The molecule has 6 heteroatoms. The minimum absolute atomic E-state index is 0.142. The quantitative estimate of drug-likeness (QED) is 0.862. The van der Waals surface area contributed by atoms with Gasteiger partial charge in [-0.1, -0.05) is 12.8 Å². The maximum Gasteiger partial charge on any atom is 0.247 e. The van der Waals surface area contributed by atoms with Crippen LogP contribution in [0.5, 0.6) is 0 Å². The van der Waals surface area contributed by atoms with E-state index in [0.29, 0.717) is 12.1 Å². The van der Waals surface area contributed by atoms with Crippen LogP contribution in [0, 0.1) is 5.92 Å². The molecule has 6 nitrogen and oxygen atoms in total. The van der Waals surface area contributed by atoms with E-state index in [2.05, 4.69) is 10.6 Å². The summed E-state index contributed by atoms with van der Waals surface area (Å²) in [5.74, 6) is -0.0174. The Morgan fingerprint density at radius 2 is 1.80 bits per heavy atom. The SMILES string of the molecule is CC(=O)NC(C(=O)Nc1ccc(N2CCCC2=O)cc1)C1CCCC1. The number of anilines is 2. The highest BCUT2D eigenvalue weighted by molar-refractivity contribution is 5.98. The summed E-state index contributed by atoms with van der Waals surface area (Å²) in [5, 5.41) is 5.70. The highest BCUT2D eigenvalue weighted by atomic mass is 16.2. The van der Waals surface area contributed by atoms with Crippen molar-refractivity contribution < 1.29 is 14.4 Å². The molecule has 1 unspecified atom stereocenters. The lowest BCUT2D eigenvalue weighted by molar-refractivity contribution is -0.126. The molecule has 2 N–H and O–H groups in total. The second-order valence-corrected chi connectivity index (χ2v) is 6.91. The normalized spacial score (nSPS) is 19.1. The van der Waals surface area contributed by atoms with Crippen molar-refractivity contribution in [2.75, 3.05) is 16.8 Å². The molecule has 134 valence electrons. The number of nitrogens with zero attached hydrogens (tertiary/aromatic N) is 1. The van der Waals surface area contributed by atoms with E-state index < -0.39 is 6.04 Å². The number of hydrogen-bond acceptors (Lipinski definition) is 3. The van der Waals surface area contributed by atoms with E-state index in [0.717, 1.165) is 44.3 Å². The number of carbonyl (C=O) groups excluding carboxylic acids is 3. The van der Waals surface area contributed by atoms with E-state index in [4.69, 9.17) is 0 Å². The molecule has 1 aromatic carbocycles. The Morgan fingerprint density at radius 1 is 1.12 bits per heavy atom. The van der Waals surface area contributed by atoms with Crippen molar-refractivity contribution in [2.24, 2.45) is 5.92 Å². The molecular formula is C19H25N3O3. The molecule has 3 rings (SSSR count). The van der Waals surface area contributed by atoms with Gasteiger partial charge in [0.1, 0.15) is 6.04 Å². The number of hydrogen-bond donors (Lipinski definition) is 2. The molecule has 0 spiro atoms. The molecule has 2 aliphatic rings. The first kappa shape index (κ1) is 17.5. The number of amides is 3. The Labute approximate surface area is 148 Å². The van der Waals surface area contributed by atoms with Gasteiger partial charge in [0.05, 0.1) is 0 Å². The zero-order chi connectivity index (χ0) is 17.8. The van der Waals surface area contributed by atoms with E-state index in [1.807, 2.05) is 12.1 Å². The van der Waals surface area contributed by atoms with Crippen LogP contribution in [0.2, 0.25) is 0 Å². The van der Waals surface area contributed by atoms with Crippen molar-refractivity contribution in [1.82, 2.24) is 5.32 Å². The fourth-order valence-electron chi connectivity index (χ4n) is 3.77. The fraction of sp³-hybridized carbons (Fsp3) is 0.526. The predicted octanol–water partition coefficient (Wildman–Crippen LogP) is 2.45. The average molecular weight is 343 g/mol. The molecule has 0 radical (unpaired) electrons. The summed E-state index contributed by atoms with van der Waals surface area (Å²) < 4.78 is 0. The molecule has 1 atom stereocenters. The van der Waals surface area contributed by atoms with E-state index in [1.54, 1.807) is 17.0 Å². The molecule has 1 saturated carbocycles. The zero-order valence-corrected chi connectivity index (χ0v) is 14.6. The highest BCUT2D eigenvalue weighted by Gasteiger charge is 2.31. The number of rotatable bonds is 5. The fourth-order valence-corrected chi connectivity index (χ4v) is 3.77. The Bertz CT molecular complexity index is 650. The summed E-state index contributed by atoms with van der Waals surface area (Å²) in [6, 6.07) is 6.82. The summed E-state index contributed by atoms with van der Waals surface area (Å²) in [5.41, 5.74) is 1.53. The van der Waals surface area contributed by atoms with Crippen molar-refractivity contribution in [1.29, 1.82) is 0 Å². The number of carbonyl (C=O) groups is 3. The van der Waals surface area contributed by atoms with Gasteiger partial charge >= 0.3 is 0 Å². The van der Waals surface area contributed by atoms with Gasteiger partial charge in [-0.3, -0.25) is 14.4 Å². The van der Waals surface area contributed by atoms with Crippen molar-refractivity contribution in [3.8, 4) is 0 Å². The lowest BCUT2D eigenvalue weighted by Gasteiger charge is -2.23. The van der Waals surface area contributed by atoms with Gasteiger partial charge in [-0.05, 0) is 49.4 Å². The summed E-state index contributed by atoms with van der Waals surface area (Å²) in [6.45, 7) is 2.19. The Balaban J connectivity index is 1.66. The molecular weight excluding hydrogens is 318 g/mol. The Hall–Kier alpha value is -2.37. The van der Waals surface area contributed by atoms with Gasteiger partial charge in [-0.2, -0.15) is 0 Å². The van der Waals surface area contributed by atoms with Crippen LogP contribution >= 0.6 is 0 Å². The molecule has 1 aliphatic carbocycles. The summed E-state index contributed by atoms with van der Waals surface area (Å²) >= 11 is 0. The van der Waals surface area contributed by atoms with Gasteiger partial charge in [0.25, 0.3) is 0 Å². The van der Waals surface area contributed by atoms with Crippen LogP contribution in [0.4, 0.5) is 11.4 Å². The van der Waals surface area contributed by atoms with Crippen LogP contribution in [-0.2, 0) is 14.4 Å². The van der Waals surface area contributed by atoms with Crippen LogP contribution < -0.4 is 15.5 Å². The molecule has 3 amide bonds. The average Bonchev–Trinajstić information content (AvgIpc) is 3.25. The van der Waals surface area contributed by atoms with E-state index in [9.17, 15) is 14.4 Å². The van der Waals surface area contributed by atoms with Crippen molar-refractivity contribution in [3.63, 3.8) is 0 Å². The second kappa shape index (κ2) is 7.68. The summed E-state index contributed by atoms with van der Waals surface area (Å²) in [7, 11) is 0. The van der Waals surface area contributed by atoms with E-state index in [-0.39, 0.29) is 23.6 Å². The molecule has 2 fully saturated rings. The van der Waals surface area contributed by atoms with Gasteiger partial charge in [-0.15, -0.1) is 0 Å². The minimum atomic E-state index is -0.486. The Morgan fingerprint density at radius 3 is 2.36 bits per heavy atom. The second-order valence-electron chi connectivity index (χ2n) is 6.91. The van der Waals surface area contributed by atoms with Crippen molar-refractivity contribution >= 4 is 29.1 Å². The first-order chi connectivity index (χ1) is 12.0. The Kier molecular flexibility index (Phi) is 5.36. The third kappa shape index (κ3) is 4.18. The van der Waals surface area contributed by atoms with Crippen LogP contribution in [0.1, 0.15) is 45.4 Å². The minimum Gasteiger partial charge on any atom is -0.344 e.